The van der Waals surface area contributed by atoms with Crippen LogP contribution >= 0.6 is 0 Å². The molecule has 0 radical (unpaired) electrons. The van der Waals surface area contributed by atoms with Crippen molar-refractivity contribution in [1.82, 2.24) is 0 Å². The van der Waals surface area contributed by atoms with E-state index >= 15 is 0 Å². The van der Waals surface area contributed by atoms with Crippen molar-refractivity contribution in [3.05, 3.63) is 35.9 Å². The third-order valence-electron chi connectivity index (χ3n) is 1.14. The molecule has 52 valence electrons. The van der Waals surface area contributed by atoms with Gasteiger partial charge in [-0.3, -0.25) is 5.21 Å². The largest absolute Gasteiger partial charge is 0.291 e. The van der Waals surface area contributed by atoms with Crippen LogP contribution in [0.4, 0.5) is 0 Å². The molecule has 1 N–H and O–H groups in total. The van der Waals surface area contributed by atoms with Crippen molar-refractivity contribution in [1.29, 1.82) is 0 Å². The van der Waals surface area contributed by atoms with Gasteiger partial charge in [0.25, 0.3) is 0 Å². The summed E-state index contributed by atoms with van der Waals surface area (Å²) in [4.78, 5) is 0. The highest BCUT2D eigenvalue weighted by molar-refractivity contribution is 5.74. The van der Waals surface area contributed by atoms with E-state index in [9.17, 15) is 0 Å². The van der Waals surface area contributed by atoms with Gasteiger partial charge in [-0.15, -0.1) is 0 Å². The highest BCUT2D eigenvalue weighted by atomic mass is 16.5. The fourth-order valence-electron chi connectivity index (χ4n) is 0.755. The molecule has 0 amide bonds. The van der Waals surface area contributed by atoms with Crippen LogP contribution in [0.25, 0.3) is 0 Å². The van der Waals surface area contributed by atoms with Gasteiger partial charge in [-0.2, -0.15) is 0 Å². The molecule has 0 unspecified atom stereocenters. The first kappa shape index (κ1) is 6.81. The Bertz CT molecular complexity index is 224. The highest BCUT2D eigenvalue weighted by Gasteiger charge is 1.90. The van der Waals surface area contributed by atoms with Gasteiger partial charge >= 0.3 is 0 Å². The number of hydrogen-bond donors (Lipinski definition) is 1. The van der Waals surface area contributed by atoms with Gasteiger partial charge in [0, 0.05) is 5.56 Å². The Kier molecular flexibility index (Phi) is 2.05. The van der Waals surface area contributed by atoms with Gasteiger partial charge in [-0.25, -0.2) is 0 Å². The first-order valence-corrected chi connectivity index (χ1v) is 3.10. The smallest absolute Gasteiger partial charge is 0.222 e. The molecule has 0 saturated heterocycles. The van der Waals surface area contributed by atoms with Crippen molar-refractivity contribution < 1.29 is 9.95 Å². The summed E-state index contributed by atoms with van der Waals surface area (Å²) in [6.45, 7) is 0. The zero-order chi connectivity index (χ0) is 7.40. The quantitative estimate of drug-likeness (QED) is 0.266. The monoisotopic (exact) mass is 136 g/mol. The maximum absolute atomic E-state index is 8.78. The second-order valence-electron chi connectivity index (χ2n) is 2.11. The average molecular weight is 136 g/mol. The molecule has 0 aliphatic heterocycles. The van der Waals surface area contributed by atoms with E-state index in [1.165, 1.54) is 0 Å². The molecular weight excluding hydrogens is 126 g/mol. The lowest BCUT2D eigenvalue weighted by Crippen LogP contribution is -1.99. The van der Waals surface area contributed by atoms with E-state index in [1.54, 1.807) is 13.3 Å². The highest BCUT2D eigenvalue weighted by Crippen LogP contribution is 1.92. The second kappa shape index (κ2) is 3.01. The summed E-state index contributed by atoms with van der Waals surface area (Å²) in [7, 11) is 1.58. The van der Waals surface area contributed by atoms with Crippen molar-refractivity contribution >= 4 is 6.21 Å². The summed E-state index contributed by atoms with van der Waals surface area (Å²) >= 11 is 0. The lowest BCUT2D eigenvalue weighted by molar-refractivity contribution is -0.750. The van der Waals surface area contributed by atoms with Gasteiger partial charge in [0.15, 0.2) is 7.05 Å². The molecule has 1 aromatic rings. The molecule has 0 fully saturated rings. The fourth-order valence-corrected chi connectivity index (χ4v) is 0.755. The SMILES string of the molecule is C/[N+](O)=C\c1ccccc1. The van der Waals surface area contributed by atoms with Crippen LogP contribution < -0.4 is 0 Å². The molecule has 1 aromatic carbocycles. The zero-order valence-corrected chi connectivity index (χ0v) is 5.86. The van der Waals surface area contributed by atoms with Gasteiger partial charge in [0.05, 0.1) is 0 Å². The van der Waals surface area contributed by atoms with Crippen LogP contribution in [0.1, 0.15) is 5.56 Å². The molecule has 0 heterocycles. The first-order valence-electron chi connectivity index (χ1n) is 3.10. The van der Waals surface area contributed by atoms with Gasteiger partial charge in [-0.1, -0.05) is 18.2 Å². The zero-order valence-electron chi connectivity index (χ0n) is 5.86. The molecule has 0 aliphatic carbocycles. The Morgan fingerprint density at radius 3 is 2.40 bits per heavy atom. The Hall–Kier alpha value is -1.31. The normalized spacial score (nSPS) is 11.5. The molecule has 2 nitrogen and oxygen atoms in total. The lowest BCUT2D eigenvalue weighted by atomic mass is 10.2. The Morgan fingerprint density at radius 1 is 1.30 bits per heavy atom. The lowest BCUT2D eigenvalue weighted by Gasteiger charge is -1.85. The van der Waals surface area contributed by atoms with Crippen molar-refractivity contribution in [2.75, 3.05) is 7.05 Å². The maximum Gasteiger partial charge on any atom is 0.222 e. The predicted octanol–water partition coefficient (Wildman–Crippen LogP) is 1.14. The van der Waals surface area contributed by atoms with E-state index in [-0.39, 0.29) is 0 Å². The third kappa shape index (κ3) is 1.90. The van der Waals surface area contributed by atoms with Crippen LogP contribution in [0, 0.1) is 0 Å². The van der Waals surface area contributed by atoms with Crippen LogP contribution in [0.2, 0.25) is 0 Å². The van der Waals surface area contributed by atoms with Gasteiger partial charge in [0.1, 0.15) is 0 Å². The molecule has 1 rings (SSSR count). The summed E-state index contributed by atoms with van der Waals surface area (Å²) in [5, 5.41) is 8.78. The summed E-state index contributed by atoms with van der Waals surface area (Å²) in [5.41, 5.74) is 0.993. The minimum absolute atomic E-state index is 0.993. The summed E-state index contributed by atoms with van der Waals surface area (Å²) in [6, 6.07) is 9.64. The van der Waals surface area contributed by atoms with Crippen LogP contribution in [0.5, 0.6) is 0 Å². The molecule has 0 atom stereocenters. The number of hydroxylamine groups is 1. The van der Waals surface area contributed by atoms with E-state index in [0.29, 0.717) is 0 Å². The van der Waals surface area contributed by atoms with E-state index in [1.807, 2.05) is 30.3 Å². The average Bonchev–Trinajstić information content (AvgIpc) is 1.88. The Morgan fingerprint density at radius 2 is 1.90 bits per heavy atom. The van der Waals surface area contributed by atoms with Crippen molar-refractivity contribution in [2.45, 2.75) is 0 Å². The molecular formula is C8H10NO+. The van der Waals surface area contributed by atoms with E-state index in [2.05, 4.69) is 0 Å². The van der Waals surface area contributed by atoms with Gasteiger partial charge in [-0.05, 0) is 16.9 Å². The molecule has 0 spiro atoms. The van der Waals surface area contributed by atoms with Crippen molar-refractivity contribution in [2.24, 2.45) is 0 Å². The fraction of sp³-hybridized carbons (Fsp3) is 0.125. The molecule has 0 aliphatic rings. The standard InChI is InChI=1S/C8H10NO/c1-9(10)7-8-5-3-2-4-6-8/h2-7,10H,1H3/q+1/b9-7+. The van der Waals surface area contributed by atoms with E-state index < -0.39 is 0 Å². The van der Waals surface area contributed by atoms with E-state index in [0.717, 1.165) is 10.3 Å². The summed E-state index contributed by atoms with van der Waals surface area (Å²) in [6.07, 6.45) is 1.64. The van der Waals surface area contributed by atoms with Crippen LogP contribution in [-0.2, 0) is 0 Å². The van der Waals surface area contributed by atoms with Gasteiger partial charge < -0.3 is 0 Å². The predicted molar refractivity (Wildman–Crippen MR) is 39.6 cm³/mol. The minimum atomic E-state index is 0.993. The van der Waals surface area contributed by atoms with Crippen LogP contribution in [-0.4, -0.2) is 23.2 Å². The second-order valence-corrected chi connectivity index (χ2v) is 2.11. The maximum atomic E-state index is 8.78. The molecule has 0 aromatic heterocycles. The molecule has 10 heavy (non-hydrogen) atoms. The van der Waals surface area contributed by atoms with Gasteiger partial charge in [0.2, 0.25) is 6.21 Å². The number of benzene rings is 1. The third-order valence-corrected chi connectivity index (χ3v) is 1.14. The minimum Gasteiger partial charge on any atom is -0.291 e. The molecule has 0 saturated carbocycles. The van der Waals surface area contributed by atoms with Crippen LogP contribution in [0.3, 0.4) is 0 Å². The number of rotatable bonds is 1. The Labute approximate surface area is 60.0 Å². The Balaban J connectivity index is 2.87. The van der Waals surface area contributed by atoms with Crippen molar-refractivity contribution in [3.8, 4) is 0 Å². The summed E-state index contributed by atoms with van der Waals surface area (Å²) < 4.78 is 1.04. The van der Waals surface area contributed by atoms with Crippen LogP contribution in [0.15, 0.2) is 30.3 Å². The number of nitrogens with zero attached hydrogens (tertiary/aromatic N) is 1. The molecule has 0 bridgehead atoms. The van der Waals surface area contributed by atoms with E-state index in [4.69, 9.17) is 5.21 Å². The molecule has 2 heteroatoms. The first-order chi connectivity index (χ1) is 4.79. The van der Waals surface area contributed by atoms with Crippen molar-refractivity contribution in [3.63, 3.8) is 0 Å². The topological polar surface area (TPSA) is 23.2 Å². The summed E-state index contributed by atoms with van der Waals surface area (Å²) in [5.74, 6) is 0. The number of hydrogen-bond acceptors (Lipinski definition) is 1.